The lowest BCUT2D eigenvalue weighted by molar-refractivity contribution is -0.117. The Balaban J connectivity index is 2.85. The van der Waals surface area contributed by atoms with E-state index in [1.807, 2.05) is 0 Å². The van der Waals surface area contributed by atoms with Crippen LogP contribution in [0.15, 0.2) is 35.5 Å². The first-order chi connectivity index (χ1) is 8.97. The summed E-state index contributed by atoms with van der Waals surface area (Å²) in [7, 11) is 0. The summed E-state index contributed by atoms with van der Waals surface area (Å²) in [6.45, 7) is 1.07. The van der Waals surface area contributed by atoms with E-state index in [0.717, 1.165) is 0 Å². The number of carbonyl (C=O) groups excluding carboxylic acids is 2. The molecule has 0 aliphatic carbocycles. The molecular weight excluding hydrogens is 246 g/mol. The van der Waals surface area contributed by atoms with Gasteiger partial charge in [0, 0.05) is 5.70 Å². The number of nitriles is 1. The number of ether oxygens (including phenoxy) is 1. The second kappa shape index (κ2) is 6.21. The van der Waals surface area contributed by atoms with E-state index in [-0.39, 0.29) is 29.2 Å². The molecule has 98 valence electrons. The summed E-state index contributed by atoms with van der Waals surface area (Å²) in [5.74, 6) is -1.02. The molecular formula is C13H13N3O3. The van der Waals surface area contributed by atoms with Crippen molar-refractivity contribution in [2.75, 3.05) is 6.61 Å². The number of ketones is 1. The number of nitrogens with zero attached hydrogens (tertiary/aromatic N) is 1. The van der Waals surface area contributed by atoms with Crippen LogP contribution in [0, 0.1) is 11.3 Å². The van der Waals surface area contributed by atoms with Gasteiger partial charge in [0.15, 0.2) is 6.61 Å². The smallest absolute Gasteiger partial charge is 0.252 e. The van der Waals surface area contributed by atoms with Crippen LogP contribution >= 0.6 is 0 Å². The van der Waals surface area contributed by atoms with E-state index >= 15 is 0 Å². The Morgan fingerprint density at radius 1 is 1.32 bits per heavy atom. The van der Waals surface area contributed by atoms with Crippen LogP contribution in [-0.2, 0) is 4.79 Å². The summed E-state index contributed by atoms with van der Waals surface area (Å²) in [5.41, 5.74) is 10.7. The fourth-order valence-corrected chi connectivity index (χ4v) is 1.38. The summed E-state index contributed by atoms with van der Waals surface area (Å²) in [4.78, 5) is 22.8. The molecule has 0 unspecified atom stereocenters. The molecule has 0 heterocycles. The van der Waals surface area contributed by atoms with E-state index in [2.05, 4.69) is 0 Å². The number of carbonyl (C=O) groups is 2. The van der Waals surface area contributed by atoms with Crippen LogP contribution in [0.4, 0.5) is 0 Å². The van der Waals surface area contributed by atoms with Crippen LogP contribution in [-0.4, -0.2) is 18.3 Å². The van der Waals surface area contributed by atoms with E-state index in [1.165, 1.54) is 19.1 Å². The van der Waals surface area contributed by atoms with Crippen molar-refractivity contribution in [3.8, 4) is 11.8 Å². The Morgan fingerprint density at radius 3 is 2.47 bits per heavy atom. The van der Waals surface area contributed by atoms with E-state index in [9.17, 15) is 9.59 Å². The molecule has 19 heavy (non-hydrogen) atoms. The van der Waals surface area contributed by atoms with Gasteiger partial charge in [-0.15, -0.1) is 0 Å². The monoisotopic (exact) mass is 259 g/mol. The normalized spacial score (nSPS) is 11.2. The minimum atomic E-state index is -0.658. The van der Waals surface area contributed by atoms with Crippen LogP contribution < -0.4 is 16.2 Å². The molecule has 1 rings (SSSR count). The maximum atomic E-state index is 11.7. The largest absolute Gasteiger partial charge is 0.485 e. The lowest BCUT2D eigenvalue weighted by Gasteiger charge is -2.08. The summed E-state index contributed by atoms with van der Waals surface area (Å²) in [6, 6.07) is 7.97. The molecule has 0 atom stereocenters. The topological polar surface area (TPSA) is 119 Å². The van der Waals surface area contributed by atoms with Gasteiger partial charge in [0.2, 0.25) is 5.78 Å². The number of para-hydroxylation sites is 1. The summed E-state index contributed by atoms with van der Waals surface area (Å²) >= 11 is 0. The molecule has 0 spiro atoms. The molecule has 1 aromatic carbocycles. The maximum Gasteiger partial charge on any atom is 0.252 e. The Hall–Kier alpha value is -2.81. The first-order valence-electron chi connectivity index (χ1n) is 5.38. The van der Waals surface area contributed by atoms with Crippen LogP contribution in [0.3, 0.4) is 0 Å². The molecule has 0 aliphatic rings. The molecule has 4 N–H and O–H groups in total. The van der Waals surface area contributed by atoms with Crippen molar-refractivity contribution < 1.29 is 14.3 Å². The zero-order valence-corrected chi connectivity index (χ0v) is 10.3. The first-order valence-corrected chi connectivity index (χ1v) is 5.38. The van der Waals surface area contributed by atoms with Crippen LogP contribution in [0.1, 0.15) is 17.3 Å². The van der Waals surface area contributed by atoms with Crippen molar-refractivity contribution >= 4 is 11.7 Å². The quantitative estimate of drug-likeness (QED) is 0.589. The molecule has 0 saturated carbocycles. The highest BCUT2D eigenvalue weighted by Crippen LogP contribution is 2.17. The second-order valence-corrected chi connectivity index (χ2v) is 3.74. The SMILES string of the molecule is C/C(N)=C(/C#N)C(=O)COc1ccccc1C(N)=O. The van der Waals surface area contributed by atoms with Crippen LogP contribution in [0.5, 0.6) is 5.75 Å². The minimum Gasteiger partial charge on any atom is -0.485 e. The zero-order valence-electron chi connectivity index (χ0n) is 10.3. The molecule has 0 fully saturated rings. The molecule has 0 aliphatic heterocycles. The average Bonchev–Trinajstić information content (AvgIpc) is 2.37. The Labute approximate surface area is 110 Å². The number of benzene rings is 1. The van der Waals surface area contributed by atoms with Crippen molar-refractivity contribution in [1.29, 1.82) is 5.26 Å². The molecule has 6 nitrogen and oxygen atoms in total. The van der Waals surface area contributed by atoms with Gasteiger partial charge in [-0.05, 0) is 19.1 Å². The van der Waals surface area contributed by atoms with E-state index in [1.54, 1.807) is 18.2 Å². The van der Waals surface area contributed by atoms with Crippen LogP contribution in [0.25, 0.3) is 0 Å². The van der Waals surface area contributed by atoms with Gasteiger partial charge < -0.3 is 16.2 Å². The average molecular weight is 259 g/mol. The molecule has 0 bridgehead atoms. The van der Waals surface area contributed by atoms with Gasteiger partial charge >= 0.3 is 0 Å². The molecule has 0 saturated heterocycles. The van der Waals surface area contributed by atoms with E-state index in [0.29, 0.717) is 0 Å². The standard InChI is InChI=1S/C13H13N3O3/c1-8(15)10(6-14)11(17)7-19-12-5-3-2-4-9(12)13(16)18/h2-5H,7,15H2,1H3,(H2,16,18)/b10-8+. The first kappa shape index (κ1) is 14.3. The number of primary amides is 1. The Morgan fingerprint density at radius 2 is 1.95 bits per heavy atom. The predicted molar refractivity (Wildman–Crippen MR) is 68.0 cm³/mol. The number of allylic oxidation sites excluding steroid dienone is 1. The number of hydrogen-bond acceptors (Lipinski definition) is 5. The van der Waals surface area contributed by atoms with Gasteiger partial charge in [-0.2, -0.15) is 5.26 Å². The van der Waals surface area contributed by atoms with Gasteiger partial charge in [0.1, 0.15) is 17.4 Å². The Kier molecular flexibility index (Phi) is 4.66. The molecule has 0 radical (unpaired) electrons. The third-order valence-corrected chi connectivity index (χ3v) is 2.30. The molecule has 1 amide bonds. The highest BCUT2D eigenvalue weighted by Gasteiger charge is 2.14. The lowest BCUT2D eigenvalue weighted by Crippen LogP contribution is -2.18. The van der Waals surface area contributed by atoms with E-state index in [4.69, 9.17) is 21.5 Å². The fourth-order valence-electron chi connectivity index (χ4n) is 1.38. The third kappa shape index (κ3) is 3.57. The second-order valence-electron chi connectivity index (χ2n) is 3.74. The van der Waals surface area contributed by atoms with E-state index < -0.39 is 11.7 Å². The highest BCUT2D eigenvalue weighted by molar-refractivity contribution is 6.01. The summed E-state index contributed by atoms with van der Waals surface area (Å²) in [6.07, 6.45) is 0. The van der Waals surface area contributed by atoms with Crippen molar-refractivity contribution in [3.63, 3.8) is 0 Å². The Bertz CT molecular complexity index is 581. The van der Waals surface area contributed by atoms with Gasteiger partial charge in [0.05, 0.1) is 5.56 Å². The number of rotatable bonds is 5. The van der Waals surface area contributed by atoms with Crippen LogP contribution in [0.2, 0.25) is 0 Å². The number of hydrogen-bond donors (Lipinski definition) is 2. The van der Waals surface area contributed by atoms with Crippen molar-refractivity contribution in [2.45, 2.75) is 6.92 Å². The maximum absolute atomic E-state index is 11.7. The van der Waals surface area contributed by atoms with Crippen molar-refractivity contribution in [2.24, 2.45) is 11.5 Å². The molecule has 1 aromatic rings. The predicted octanol–water partition coefficient (Wildman–Crippen LogP) is 0.490. The lowest BCUT2D eigenvalue weighted by atomic mass is 10.1. The summed E-state index contributed by atoms with van der Waals surface area (Å²) in [5, 5.41) is 8.77. The molecule has 0 aromatic heterocycles. The highest BCUT2D eigenvalue weighted by atomic mass is 16.5. The minimum absolute atomic E-state index is 0.124. The van der Waals surface area contributed by atoms with Crippen molar-refractivity contribution in [3.05, 3.63) is 41.1 Å². The number of Topliss-reactive ketones (excluding diaryl/α,β-unsaturated/α-hetero) is 1. The molecule has 6 heteroatoms. The van der Waals surface area contributed by atoms with Gasteiger partial charge in [-0.25, -0.2) is 0 Å². The van der Waals surface area contributed by atoms with Crippen molar-refractivity contribution in [1.82, 2.24) is 0 Å². The third-order valence-electron chi connectivity index (χ3n) is 2.30. The van der Waals surface area contributed by atoms with Gasteiger partial charge in [-0.3, -0.25) is 9.59 Å². The summed E-state index contributed by atoms with van der Waals surface area (Å²) < 4.78 is 5.20. The van der Waals surface area contributed by atoms with Gasteiger partial charge in [-0.1, -0.05) is 12.1 Å². The number of amides is 1. The zero-order chi connectivity index (χ0) is 14.4. The fraction of sp³-hybridized carbons (Fsp3) is 0.154. The van der Waals surface area contributed by atoms with Gasteiger partial charge in [0.25, 0.3) is 5.91 Å². The number of nitrogens with two attached hydrogens (primary N) is 2.